The fourth-order valence-corrected chi connectivity index (χ4v) is 2.44. The first-order chi connectivity index (χ1) is 12.1. The standard InChI is InChI=1S/C21H20O4/c1-4-23-17-9-10-18-19(12-17)25-20(21(18)22)11-15-5-7-16(8-6-15)24-13-14(2)3/h5-12H,2,4,13H2,1,3H3/b20-11-. The lowest BCUT2D eigenvalue weighted by Crippen LogP contribution is -1.98. The molecule has 1 aliphatic heterocycles. The number of ketones is 1. The van der Waals surface area contributed by atoms with E-state index in [0.29, 0.717) is 36.0 Å². The highest BCUT2D eigenvalue weighted by molar-refractivity contribution is 6.14. The van der Waals surface area contributed by atoms with Gasteiger partial charge in [-0.25, -0.2) is 0 Å². The van der Waals surface area contributed by atoms with Gasteiger partial charge in [0.05, 0.1) is 12.2 Å². The summed E-state index contributed by atoms with van der Waals surface area (Å²) >= 11 is 0. The van der Waals surface area contributed by atoms with Gasteiger partial charge in [0.2, 0.25) is 5.78 Å². The van der Waals surface area contributed by atoms with Gasteiger partial charge in [-0.05, 0) is 55.3 Å². The zero-order valence-corrected chi connectivity index (χ0v) is 14.4. The van der Waals surface area contributed by atoms with Crippen LogP contribution in [0.4, 0.5) is 0 Å². The minimum Gasteiger partial charge on any atom is -0.494 e. The number of benzene rings is 2. The molecule has 0 spiro atoms. The molecule has 2 aromatic carbocycles. The molecular weight excluding hydrogens is 316 g/mol. The average molecular weight is 336 g/mol. The third-order valence-corrected chi connectivity index (χ3v) is 3.62. The fourth-order valence-electron chi connectivity index (χ4n) is 2.44. The van der Waals surface area contributed by atoms with Crippen LogP contribution in [0.1, 0.15) is 29.8 Å². The zero-order valence-electron chi connectivity index (χ0n) is 14.4. The van der Waals surface area contributed by atoms with Crippen LogP contribution >= 0.6 is 0 Å². The molecule has 0 unspecified atom stereocenters. The van der Waals surface area contributed by atoms with Gasteiger partial charge in [-0.3, -0.25) is 4.79 Å². The molecule has 0 atom stereocenters. The lowest BCUT2D eigenvalue weighted by molar-refractivity contribution is 0.101. The van der Waals surface area contributed by atoms with Crippen molar-refractivity contribution in [2.24, 2.45) is 0 Å². The smallest absolute Gasteiger partial charge is 0.231 e. The van der Waals surface area contributed by atoms with Crippen molar-refractivity contribution in [3.8, 4) is 17.2 Å². The highest BCUT2D eigenvalue weighted by Gasteiger charge is 2.27. The molecule has 0 N–H and O–H groups in total. The number of allylic oxidation sites excluding steroid dienone is 1. The first-order valence-corrected chi connectivity index (χ1v) is 8.15. The van der Waals surface area contributed by atoms with Crippen LogP contribution in [0.5, 0.6) is 17.2 Å². The number of ether oxygens (including phenoxy) is 3. The van der Waals surface area contributed by atoms with Crippen molar-refractivity contribution in [3.05, 3.63) is 71.5 Å². The Kier molecular flexibility index (Phi) is 4.89. The van der Waals surface area contributed by atoms with E-state index in [1.807, 2.05) is 38.1 Å². The molecule has 0 saturated heterocycles. The van der Waals surface area contributed by atoms with Gasteiger partial charge in [-0.2, -0.15) is 0 Å². The molecule has 0 amide bonds. The van der Waals surface area contributed by atoms with Crippen molar-refractivity contribution in [2.45, 2.75) is 13.8 Å². The minimum absolute atomic E-state index is 0.124. The van der Waals surface area contributed by atoms with E-state index in [1.54, 1.807) is 24.3 Å². The number of rotatable bonds is 6. The predicted molar refractivity (Wildman–Crippen MR) is 97.3 cm³/mol. The Labute approximate surface area is 147 Å². The van der Waals surface area contributed by atoms with Crippen molar-refractivity contribution in [1.29, 1.82) is 0 Å². The molecule has 0 fully saturated rings. The summed E-state index contributed by atoms with van der Waals surface area (Å²) in [5.74, 6) is 2.16. The van der Waals surface area contributed by atoms with Gasteiger partial charge in [0.15, 0.2) is 5.76 Å². The first-order valence-electron chi connectivity index (χ1n) is 8.15. The molecule has 1 aliphatic rings. The van der Waals surface area contributed by atoms with Gasteiger partial charge < -0.3 is 14.2 Å². The molecule has 4 heteroatoms. The molecule has 128 valence electrons. The maximum Gasteiger partial charge on any atom is 0.231 e. The van der Waals surface area contributed by atoms with Crippen LogP contribution in [-0.4, -0.2) is 19.0 Å². The van der Waals surface area contributed by atoms with E-state index < -0.39 is 0 Å². The van der Waals surface area contributed by atoms with Crippen LogP contribution in [0, 0.1) is 0 Å². The molecule has 2 aromatic rings. The molecule has 3 rings (SSSR count). The summed E-state index contributed by atoms with van der Waals surface area (Å²) in [4.78, 5) is 12.4. The van der Waals surface area contributed by atoms with Crippen LogP contribution in [0.3, 0.4) is 0 Å². The summed E-state index contributed by atoms with van der Waals surface area (Å²) in [7, 11) is 0. The van der Waals surface area contributed by atoms with Gasteiger partial charge in [0.1, 0.15) is 23.9 Å². The van der Waals surface area contributed by atoms with Crippen molar-refractivity contribution < 1.29 is 19.0 Å². The van der Waals surface area contributed by atoms with Gasteiger partial charge >= 0.3 is 0 Å². The second kappa shape index (κ2) is 7.26. The molecule has 0 aliphatic carbocycles. The van der Waals surface area contributed by atoms with E-state index in [9.17, 15) is 4.79 Å². The van der Waals surface area contributed by atoms with E-state index in [1.165, 1.54) is 0 Å². The molecule has 1 heterocycles. The number of hydrogen-bond donors (Lipinski definition) is 0. The summed E-state index contributed by atoms with van der Waals surface area (Å²) in [6, 6.07) is 12.7. The molecule has 25 heavy (non-hydrogen) atoms. The quantitative estimate of drug-likeness (QED) is 0.569. The average Bonchev–Trinajstić information content (AvgIpc) is 2.90. The Balaban J connectivity index is 1.76. The van der Waals surface area contributed by atoms with E-state index in [4.69, 9.17) is 14.2 Å². The summed E-state index contributed by atoms with van der Waals surface area (Å²) in [5, 5.41) is 0. The molecule has 0 radical (unpaired) electrons. The number of fused-ring (bicyclic) bond motifs is 1. The van der Waals surface area contributed by atoms with Crippen LogP contribution in [-0.2, 0) is 0 Å². The Bertz CT molecular complexity index is 831. The molecule has 0 saturated carbocycles. The Morgan fingerprint density at radius 3 is 2.52 bits per heavy atom. The SMILES string of the molecule is C=C(C)COc1ccc(/C=C2\Oc3cc(OCC)ccc3C2=O)cc1. The lowest BCUT2D eigenvalue weighted by Gasteiger charge is -2.06. The monoisotopic (exact) mass is 336 g/mol. The number of Topliss-reactive ketones (excluding diaryl/α,β-unsaturated/α-hetero) is 1. The van der Waals surface area contributed by atoms with E-state index in [-0.39, 0.29) is 5.78 Å². The van der Waals surface area contributed by atoms with Crippen LogP contribution in [0.25, 0.3) is 6.08 Å². The van der Waals surface area contributed by atoms with Gasteiger partial charge in [0, 0.05) is 6.07 Å². The maximum atomic E-state index is 12.4. The van der Waals surface area contributed by atoms with Crippen LogP contribution in [0.15, 0.2) is 60.4 Å². The number of carbonyl (C=O) groups excluding carboxylic acids is 1. The summed E-state index contributed by atoms with van der Waals surface area (Å²) in [5.41, 5.74) is 2.38. The van der Waals surface area contributed by atoms with Crippen molar-refractivity contribution in [1.82, 2.24) is 0 Å². The van der Waals surface area contributed by atoms with Crippen LogP contribution in [0.2, 0.25) is 0 Å². The number of carbonyl (C=O) groups is 1. The second-order valence-corrected chi connectivity index (χ2v) is 5.85. The topological polar surface area (TPSA) is 44.8 Å². The second-order valence-electron chi connectivity index (χ2n) is 5.85. The highest BCUT2D eigenvalue weighted by Crippen LogP contribution is 2.35. The number of hydrogen-bond acceptors (Lipinski definition) is 4. The summed E-state index contributed by atoms with van der Waals surface area (Å²) < 4.78 is 16.7. The Morgan fingerprint density at radius 2 is 1.84 bits per heavy atom. The van der Waals surface area contributed by atoms with E-state index in [0.717, 1.165) is 16.9 Å². The van der Waals surface area contributed by atoms with Crippen molar-refractivity contribution in [3.63, 3.8) is 0 Å². The Morgan fingerprint density at radius 1 is 1.12 bits per heavy atom. The molecular formula is C21H20O4. The maximum absolute atomic E-state index is 12.4. The highest BCUT2D eigenvalue weighted by atomic mass is 16.5. The summed E-state index contributed by atoms with van der Waals surface area (Å²) in [6.45, 7) is 8.68. The van der Waals surface area contributed by atoms with Gasteiger partial charge in [-0.15, -0.1) is 0 Å². The van der Waals surface area contributed by atoms with Crippen molar-refractivity contribution >= 4 is 11.9 Å². The predicted octanol–water partition coefficient (Wildman–Crippen LogP) is 4.66. The normalized spacial score (nSPS) is 14.2. The van der Waals surface area contributed by atoms with Crippen molar-refractivity contribution in [2.75, 3.05) is 13.2 Å². The molecule has 0 bridgehead atoms. The molecule has 4 nitrogen and oxygen atoms in total. The van der Waals surface area contributed by atoms with Gasteiger partial charge in [0.25, 0.3) is 0 Å². The largest absolute Gasteiger partial charge is 0.494 e. The van der Waals surface area contributed by atoms with Gasteiger partial charge in [-0.1, -0.05) is 18.7 Å². The lowest BCUT2D eigenvalue weighted by atomic mass is 10.1. The van der Waals surface area contributed by atoms with E-state index >= 15 is 0 Å². The first kappa shape index (κ1) is 16.8. The van der Waals surface area contributed by atoms with Crippen LogP contribution < -0.4 is 14.2 Å². The molecule has 0 aromatic heterocycles. The summed E-state index contributed by atoms with van der Waals surface area (Å²) in [6.07, 6.45) is 1.73. The van der Waals surface area contributed by atoms with E-state index in [2.05, 4.69) is 6.58 Å². The zero-order chi connectivity index (χ0) is 17.8. The third-order valence-electron chi connectivity index (χ3n) is 3.62. The fraction of sp³-hybridized carbons (Fsp3) is 0.190. The minimum atomic E-state index is -0.124. The Hall–Kier alpha value is -3.01. The third kappa shape index (κ3) is 3.91.